The Kier molecular flexibility index (Phi) is 5.43. The van der Waals surface area contributed by atoms with Gasteiger partial charge in [0.05, 0.1) is 11.4 Å². The molecule has 0 bridgehead atoms. The maximum Gasteiger partial charge on any atom is 0.240 e. The van der Waals surface area contributed by atoms with E-state index in [1.165, 1.54) is 4.88 Å². The van der Waals surface area contributed by atoms with E-state index in [0.717, 1.165) is 10.2 Å². The molecule has 2 N–H and O–H groups in total. The molecule has 0 radical (unpaired) electrons. The van der Waals surface area contributed by atoms with Crippen molar-refractivity contribution in [2.75, 3.05) is 5.32 Å². The Labute approximate surface area is 137 Å². The molecule has 1 aromatic heterocycles. The molecule has 0 amide bonds. The zero-order valence-corrected chi connectivity index (χ0v) is 15.0. The van der Waals surface area contributed by atoms with Crippen molar-refractivity contribution in [3.63, 3.8) is 0 Å². The maximum absolute atomic E-state index is 12.0. The Bertz CT molecular complexity index is 694. The van der Waals surface area contributed by atoms with Gasteiger partial charge in [0.1, 0.15) is 0 Å². The minimum Gasteiger partial charge on any atom is -0.380 e. The second-order valence-electron chi connectivity index (χ2n) is 4.85. The molecule has 0 aliphatic heterocycles. The van der Waals surface area contributed by atoms with Gasteiger partial charge in [-0.3, -0.25) is 0 Å². The third kappa shape index (κ3) is 4.54. The molecular weight excluding hydrogens is 372 g/mol. The molecule has 0 aliphatic rings. The molecule has 0 saturated heterocycles. The second kappa shape index (κ2) is 6.91. The summed E-state index contributed by atoms with van der Waals surface area (Å²) in [6, 6.07) is 8.65. The first kappa shape index (κ1) is 16.5. The van der Waals surface area contributed by atoms with E-state index in [9.17, 15) is 8.42 Å². The summed E-state index contributed by atoms with van der Waals surface area (Å²) >= 11 is 5.15. The molecule has 7 heteroatoms. The minimum atomic E-state index is -3.42. The van der Waals surface area contributed by atoms with Crippen LogP contribution in [0.15, 0.2) is 45.1 Å². The van der Waals surface area contributed by atoms with Gasteiger partial charge in [-0.15, -0.1) is 11.3 Å². The van der Waals surface area contributed by atoms with E-state index in [1.54, 1.807) is 49.4 Å². The van der Waals surface area contributed by atoms with Gasteiger partial charge in [-0.25, -0.2) is 13.1 Å². The number of benzene rings is 1. The van der Waals surface area contributed by atoms with Gasteiger partial charge in [-0.1, -0.05) is 0 Å². The topological polar surface area (TPSA) is 58.2 Å². The Balaban J connectivity index is 2.04. The average molecular weight is 389 g/mol. The van der Waals surface area contributed by atoms with Gasteiger partial charge < -0.3 is 5.32 Å². The third-order valence-corrected chi connectivity index (χ3v) is 6.30. The summed E-state index contributed by atoms with van der Waals surface area (Å²) in [6.07, 6.45) is 0. The van der Waals surface area contributed by atoms with Gasteiger partial charge >= 0.3 is 0 Å². The van der Waals surface area contributed by atoms with Crippen LogP contribution >= 0.6 is 27.3 Å². The van der Waals surface area contributed by atoms with Crippen LogP contribution in [0.4, 0.5) is 5.69 Å². The van der Waals surface area contributed by atoms with Gasteiger partial charge in [0.25, 0.3) is 0 Å². The fourth-order valence-electron chi connectivity index (χ4n) is 1.76. The lowest BCUT2D eigenvalue weighted by atomic mass is 10.3. The summed E-state index contributed by atoms with van der Waals surface area (Å²) in [5.41, 5.74) is 0.888. The van der Waals surface area contributed by atoms with E-state index in [0.29, 0.717) is 6.54 Å². The zero-order chi connectivity index (χ0) is 15.5. The quantitative estimate of drug-likeness (QED) is 0.790. The molecule has 0 atom stereocenters. The molecule has 0 saturated carbocycles. The van der Waals surface area contributed by atoms with Crippen LogP contribution in [0.3, 0.4) is 0 Å². The van der Waals surface area contributed by atoms with Crippen LogP contribution in [0.2, 0.25) is 0 Å². The highest BCUT2D eigenvalue weighted by Crippen LogP contribution is 2.24. The van der Waals surface area contributed by atoms with E-state index in [1.807, 2.05) is 11.4 Å². The van der Waals surface area contributed by atoms with Crippen LogP contribution in [0.25, 0.3) is 0 Å². The van der Waals surface area contributed by atoms with Crippen molar-refractivity contribution in [1.82, 2.24) is 4.72 Å². The van der Waals surface area contributed by atoms with E-state index in [-0.39, 0.29) is 10.9 Å². The number of anilines is 1. The SMILES string of the molecule is CC(C)NS(=O)(=O)c1ccc(NCc2sccc2Br)cc1. The Morgan fingerprint density at radius 2 is 1.86 bits per heavy atom. The molecule has 4 nitrogen and oxygen atoms in total. The molecule has 2 rings (SSSR count). The molecule has 2 aromatic rings. The van der Waals surface area contributed by atoms with Crippen molar-refractivity contribution >= 4 is 43.0 Å². The normalized spacial score (nSPS) is 11.8. The van der Waals surface area contributed by atoms with Crippen molar-refractivity contribution in [1.29, 1.82) is 0 Å². The number of thiophene rings is 1. The van der Waals surface area contributed by atoms with Crippen molar-refractivity contribution in [3.05, 3.63) is 45.1 Å². The van der Waals surface area contributed by atoms with Crippen molar-refractivity contribution in [2.45, 2.75) is 31.3 Å². The largest absolute Gasteiger partial charge is 0.380 e. The Hall–Kier alpha value is -0.890. The van der Waals surface area contributed by atoms with Crippen LogP contribution in [0.5, 0.6) is 0 Å². The highest BCUT2D eigenvalue weighted by molar-refractivity contribution is 9.10. The van der Waals surface area contributed by atoms with E-state index in [2.05, 4.69) is 26.0 Å². The van der Waals surface area contributed by atoms with Crippen molar-refractivity contribution in [2.24, 2.45) is 0 Å². The smallest absolute Gasteiger partial charge is 0.240 e. The number of halogens is 1. The zero-order valence-electron chi connectivity index (χ0n) is 11.8. The maximum atomic E-state index is 12.0. The first-order valence-electron chi connectivity index (χ1n) is 6.46. The van der Waals surface area contributed by atoms with Gasteiger partial charge in [0.15, 0.2) is 0 Å². The minimum absolute atomic E-state index is 0.121. The van der Waals surface area contributed by atoms with Gasteiger partial charge in [0.2, 0.25) is 10.0 Å². The monoisotopic (exact) mass is 388 g/mol. The summed E-state index contributed by atoms with van der Waals surface area (Å²) in [5, 5.41) is 5.29. The fourth-order valence-corrected chi connectivity index (χ4v) is 4.45. The van der Waals surface area contributed by atoms with Crippen molar-refractivity contribution < 1.29 is 8.42 Å². The molecule has 1 heterocycles. The van der Waals surface area contributed by atoms with Crippen LogP contribution in [0.1, 0.15) is 18.7 Å². The molecule has 0 fully saturated rings. The van der Waals surface area contributed by atoms with E-state index in [4.69, 9.17) is 0 Å². The van der Waals surface area contributed by atoms with Crippen molar-refractivity contribution in [3.8, 4) is 0 Å². The number of rotatable bonds is 6. The molecule has 114 valence electrons. The number of nitrogens with one attached hydrogen (secondary N) is 2. The number of hydrogen-bond donors (Lipinski definition) is 2. The third-order valence-electron chi connectivity index (χ3n) is 2.70. The summed E-state index contributed by atoms with van der Waals surface area (Å²) in [4.78, 5) is 1.48. The molecule has 1 aromatic carbocycles. The summed E-state index contributed by atoms with van der Waals surface area (Å²) in [7, 11) is -3.42. The fraction of sp³-hybridized carbons (Fsp3) is 0.286. The Morgan fingerprint density at radius 3 is 2.38 bits per heavy atom. The van der Waals surface area contributed by atoms with E-state index >= 15 is 0 Å². The van der Waals surface area contributed by atoms with Crippen LogP contribution in [-0.2, 0) is 16.6 Å². The second-order valence-corrected chi connectivity index (χ2v) is 8.41. The average Bonchev–Trinajstić information content (AvgIpc) is 2.81. The van der Waals surface area contributed by atoms with Gasteiger partial charge in [-0.05, 0) is 65.5 Å². The highest BCUT2D eigenvalue weighted by Gasteiger charge is 2.14. The van der Waals surface area contributed by atoms with Crippen LogP contribution < -0.4 is 10.0 Å². The molecule has 0 aliphatic carbocycles. The highest BCUT2D eigenvalue weighted by atomic mass is 79.9. The number of hydrogen-bond acceptors (Lipinski definition) is 4. The van der Waals surface area contributed by atoms with Gasteiger partial charge in [-0.2, -0.15) is 0 Å². The van der Waals surface area contributed by atoms with Gasteiger partial charge in [0, 0.05) is 21.1 Å². The summed E-state index contributed by atoms with van der Waals surface area (Å²) in [5.74, 6) is 0. The molecular formula is C14H17BrN2O2S2. The Morgan fingerprint density at radius 1 is 1.19 bits per heavy atom. The lowest BCUT2D eigenvalue weighted by Gasteiger charge is -2.10. The van der Waals surface area contributed by atoms with Crippen LogP contribution in [0, 0.1) is 0 Å². The predicted molar refractivity (Wildman–Crippen MR) is 91.2 cm³/mol. The lowest BCUT2D eigenvalue weighted by Crippen LogP contribution is -2.30. The summed E-state index contributed by atoms with van der Waals surface area (Å²) in [6.45, 7) is 4.30. The standard InChI is InChI=1S/C14H17BrN2O2S2/c1-10(2)17-21(18,19)12-5-3-11(4-6-12)16-9-14-13(15)7-8-20-14/h3-8,10,16-17H,9H2,1-2H3. The first-order chi connectivity index (χ1) is 9.88. The summed E-state index contributed by atoms with van der Waals surface area (Å²) < 4.78 is 27.7. The first-order valence-corrected chi connectivity index (χ1v) is 9.62. The predicted octanol–water partition coefficient (Wildman–Crippen LogP) is 3.81. The molecule has 0 spiro atoms. The molecule has 0 unspecified atom stereocenters. The number of sulfonamides is 1. The van der Waals surface area contributed by atoms with Crippen LogP contribution in [-0.4, -0.2) is 14.5 Å². The lowest BCUT2D eigenvalue weighted by molar-refractivity contribution is 0.570. The van der Waals surface area contributed by atoms with E-state index < -0.39 is 10.0 Å². The molecule has 21 heavy (non-hydrogen) atoms.